The molecular weight excluding hydrogens is 421 g/mol. The summed E-state index contributed by atoms with van der Waals surface area (Å²) in [4.78, 5) is 23.7. The molecule has 0 unspecified atom stereocenters. The third kappa shape index (κ3) is 5.58. The van der Waals surface area contributed by atoms with Crippen molar-refractivity contribution in [2.24, 2.45) is 0 Å². The molecule has 0 aliphatic rings. The van der Waals surface area contributed by atoms with Crippen LogP contribution in [0.25, 0.3) is 0 Å². The maximum absolute atomic E-state index is 14.0. The summed E-state index contributed by atoms with van der Waals surface area (Å²) >= 11 is 5.75. The van der Waals surface area contributed by atoms with Crippen LogP contribution in [0, 0.1) is 15.9 Å². The molecule has 1 amide bonds. The van der Waals surface area contributed by atoms with Gasteiger partial charge in [0.05, 0.1) is 11.0 Å². The maximum Gasteiger partial charge on any atom is 0.293 e. The summed E-state index contributed by atoms with van der Waals surface area (Å²) in [7, 11) is 0. The Labute approximate surface area is 184 Å². The largest absolute Gasteiger partial charge is 0.375 e. The van der Waals surface area contributed by atoms with E-state index in [0.717, 1.165) is 5.56 Å². The molecule has 3 aromatic rings. The van der Waals surface area contributed by atoms with Crippen molar-refractivity contribution < 1.29 is 14.1 Å². The number of carbonyl (C=O) groups excluding carboxylic acids is 1. The molecule has 8 heteroatoms. The molecule has 2 N–H and O–H groups in total. The van der Waals surface area contributed by atoms with Crippen LogP contribution in [-0.4, -0.2) is 10.8 Å². The quantitative estimate of drug-likeness (QED) is 0.337. The van der Waals surface area contributed by atoms with Gasteiger partial charge in [-0.25, -0.2) is 4.39 Å². The van der Waals surface area contributed by atoms with E-state index in [1.54, 1.807) is 6.07 Å². The third-order valence-corrected chi connectivity index (χ3v) is 5.09. The molecule has 0 spiro atoms. The molecule has 0 radical (unpaired) electrons. The van der Waals surface area contributed by atoms with Crippen LogP contribution in [0.4, 0.5) is 15.8 Å². The summed E-state index contributed by atoms with van der Waals surface area (Å²) in [6.45, 7) is 1.98. The second-order valence-corrected chi connectivity index (χ2v) is 7.36. The molecule has 1 atom stereocenters. The second kappa shape index (κ2) is 10.0. The topological polar surface area (TPSA) is 84.3 Å². The molecular formula is C23H21ClFN3O3. The average Bonchev–Trinajstić information content (AvgIpc) is 2.77. The number of amides is 1. The lowest BCUT2D eigenvalue weighted by molar-refractivity contribution is -0.384. The van der Waals surface area contributed by atoms with Crippen molar-refractivity contribution in [3.63, 3.8) is 0 Å². The van der Waals surface area contributed by atoms with Gasteiger partial charge in [-0.3, -0.25) is 14.9 Å². The van der Waals surface area contributed by atoms with Gasteiger partial charge >= 0.3 is 0 Å². The van der Waals surface area contributed by atoms with Gasteiger partial charge in [-0.15, -0.1) is 0 Å². The lowest BCUT2D eigenvalue weighted by Gasteiger charge is -2.17. The SMILES string of the molecule is CC[C@@H](NC(=O)c1ccc(NCc2ccc(Cl)cc2F)c([N+](=O)[O-])c1)c1ccccc1. The number of nitrogens with one attached hydrogen (secondary N) is 2. The second-order valence-electron chi connectivity index (χ2n) is 6.92. The minimum Gasteiger partial charge on any atom is -0.375 e. The Morgan fingerprint density at radius 2 is 1.87 bits per heavy atom. The van der Waals surface area contributed by atoms with Gasteiger partial charge in [0.15, 0.2) is 0 Å². The van der Waals surface area contributed by atoms with E-state index in [2.05, 4.69) is 10.6 Å². The van der Waals surface area contributed by atoms with Crippen LogP contribution in [0.1, 0.15) is 40.9 Å². The molecule has 0 saturated carbocycles. The average molecular weight is 442 g/mol. The van der Waals surface area contributed by atoms with Crippen LogP contribution in [0.15, 0.2) is 66.7 Å². The Balaban J connectivity index is 1.77. The highest BCUT2D eigenvalue weighted by molar-refractivity contribution is 6.30. The third-order valence-electron chi connectivity index (χ3n) is 4.86. The zero-order valence-corrected chi connectivity index (χ0v) is 17.5. The summed E-state index contributed by atoms with van der Waals surface area (Å²) in [5.41, 5.74) is 1.36. The van der Waals surface area contributed by atoms with Crippen LogP contribution in [0.2, 0.25) is 5.02 Å². The summed E-state index contributed by atoms with van der Waals surface area (Å²) in [5.74, 6) is -0.917. The molecule has 3 aromatic carbocycles. The van der Waals surface area contributed by atoms with Crippen molar-refractivity contribution in [2.75, 3.05) is 5.32 Å². The van der Waals surface area contributed by atoms with Gasteiger partial charge in [0.1, 0.15) is 11.5 Å². The number of benzene rings is 3. The standard InChI is InChI=1S/C23H21ClFN3O3/c1-2-20(15-6-4-3-5-7-15)27-23(29)16-9-11-21(22(12-16)28(30)31)26-14-17-8-10-18(24)13-19(17)25/h3-13,20,26H,2,14H2,1H3,(H,27,29)/t20-/m1/s1. The van der Waals surface area contributed by atoms with E-state index < -0.39 is 16.6 Å². The number of anilines is 1. The van der Waals surface area contributed by atoms with Crippen molar-refractivity contribution in [1.29, 1.82) is 0 Å². The Bertz CT molecular complexity index is 1090. The number of nitrogens with zero attached hydrogens (tertiary/aromatic N) is 1. The molecule has 0 heterocycles. The lowest BCUT2D eigenvalue weighted by Crippen LogP contribution is -2.28. The van der Waals surface area contributed by atoms with Crippen molar-refractivity contribution in [3.8, 4) is 0 Å². The molecule has 31 heavy (non-hydrogen) atoms. The molecule has 0 aliphatic carbocycles. The van der Waals surface area contributed by atoms with E-state index in [0.29, 0.717) is 12.0 Å². The minimum atomic E-state index is -0.578. The van der Waals surface area contributed by atoms with Gasteiger partial charge < -0.3 is 10.6 Å². The Hall–Kier alpha value is -3.45. The zero-order chi connectivity index (χ0) is 22.4. The van der Waals surface area contributed by atoms with Crippen LogP contribution >= 0.6 is 11.6 Å². The van der Waals surface area contributed by atoms with Gasteiger partial charge in [0, 0.05) is 28.8 Å². The molecule has 0 aromatic heterocycles. The summed E-state index contributed by atoms with van der Waals surface area (Å²) in [5, 5.41) is 17.6. The molecule has 160 valence electrons. The lowest BCUT2D eigenvalue weighted by atomic mass is 10.0. The zero-order valence-electron chi connectivity index (χ0n) is 16.8. The van der Waals surface area contributed by atoms with E-state index in [1.165, 1.54) is 30.3 Å². The highest BCUT2D eigenvalue weighted by Gasteiger charge is 2.20. The van der Waals surface area contributed by atoms with Crippen LogP contribution < -0.4 is 10.6 Å². The molecule has 6 nitrogen and oxygen atoms in total. The molecule has 0 saturated heterocycles. The number of nitro groups is 1. The number of carbonyl (C=O) groups is 1. The fraction of sp³-hybridized carbons (Fsp3) is 0.174. The first-order chi connectivity index (χ1) is 14.9. The fourth-order valence-corrected chi connectivity index (χ4v) is 3.34. The number of hydrogen-bond acceptors (Lipinski definition) is 4. The number of hydrogen-bond donors (Lipinski definition) is 2. The van der Waals surface area contributed by atoms with E-state index in [1.807, 2.05) is 37.3 Å². The monoisotopic (exact) mass is 441 g/mol. The Morgan fingerprint density at radius 3 is 2.52 bits per heavy atom. The van der Waals surface area contributed by atoms with Gasteiger partial charge in [0.2, 0.25) is 0 Å². The van der Waals surface area contributed by atoms with Gasteiger partial charge in [0.25, 0.3) is 11.6 Å². The van der Waals surface area contributed by atoms with E-state index >= 15 is 0 Å². The Morgan fingerprint density at radius 1 is 1.13 bits per heavy atom. The number of rotatable bonds is 8. The first-order valence-electron chi connectivity index (χ1n) is 9.71. The summed E-state index contributed by atoms with van der Waals surface area (Å²) in [6, 6.07) is 17.7. The Kier molecular flexibility index (Phi) is 7.20. The predicted molar refractivity (Wildman–Crippen MR) is 119 cm³/mol. The minimum absolute atomic E-state index is 0.0291. The first-order valence-corrected chi connectivity index (χ1v) is 10.1. The van der Waals surface area contributed by atoms with Gasteiger partial charge in [-0.2, -0.15) is 0 Å². The van der Waals surface area contributed by atoms with Crippen molar-refractivity contribution >= 4 is 28.9 Å². The molecule has 0 fully saturated rings. The first kappa shape index (κ1) is 22.2. The summed E-state index contributed by atoms with van der Waals surface area (Å²) in [6.07, 6.45) is 0.671. The molecule has 0 aliphatic heterocycles. The van der Waals surface area contributed by atoms with Crippen LogP contribution in [0.5, 0.6) is 0 Å². The summed E-state index contributed by atoms with van der Waals surface area (Å²) < 4.78 is 14.0. The normalized spacial score (nSPS) is 11.6. The van der Waals surface area contributed by atoms with Crippen LogP contribution in [0.3, 0.4) is 0 Å². The van der Waals surface area contributed by atoms with E-state index in [4.69, 9.17) is 11.6 Å². The molecule has 3 rings (SSSR count). The van der Waals surface area contributed by atoms with Crippen molar-refractivity contribution in [2.45, 2.75) is 25.9 Å². The maximum atomic E-state index is 14.0. The van der Waals surface area contributed by atoms with Gasteiger partial charge in [-0.05, 0) is 36.2 Å². The highest BCUT2D eigenvalue weighted by Crippen LogP contribution is 2.27. The van der Waals surface area contributed by atoms with Crippen molar-refractivity contribution in [1.82, 2.24) is 5.32 Å². The number of nitro benzene ring substituents is 1. The molecule has 0 bridgehead atoms. The fourth-order valence-electron chi connectivity index (χ4n) is 3.18. The van der Waals surface area contributed by atoms with E-state index in [-0.39, 0.29) is 34.5 Å². The highest BCUT2D eigenvalue weighted by atomic mass is 35.5. The van der Waals surface area contributed by atoms with Crippen LogP contribution in [-0.2, 0) is 6.54 Å². The predicted octanol–water partition coefficient (Wildman–Crippen LogP) is 5.88. The van der Waals surface area contributed by atoms with Crippen molar-refractivity contribution in [3.05, 3.63) is 104 Å². The van der Waals surface area contributed by atoms with Gasteiger partial charge in [-0.1, -0.05) is 54.9 Å². The van der Waals surface area contributed by atoms with E-state index in [9.17, 15) is 19.3 Å². The number of halogens is 2. The smallest absolute Gasteiger partial charge is 0.293 e.